The predicted octanol–water partition coefficient (Wildman–Crippen LogP) is 2.58. The van der Waals surface area contributed by atoms with E-state index >= 15 is 0 Å². The molecule has 5 rings (SSSR count). The van der Waals surface area contributed by atoms with E-state index < -0.39 is 0 Å². The third-order valence-electron chi connectivity index (χ3n) is 5.53. The zero-order valence-corrected chi connectivity index (χ0v) is 14.8. The van der Waals surface area contributed by atoms with Gasteiger partial charge in [-0.25, -0.2) is 0 Å². The minimum absolute atomic E-state index is 0.0473. The molecular weight excluding hydrogens is 328 g/mol. The van der Waals surface area contributed by atoms with Crippen molar-refractivity contribution >= 4 is 0 Å². The van der Waals surface area contributed by atoms with E-state index in [1.54, 1.807) is 0 Å². The lowest BCUT2D eigenvalue weighted by molar-refractivity contribution is 0.138. The fourth-order valence-electron chi connectivity index (χ4n) is 4.11. The maximum atomic E-state index is 6.20. The van der Waals surface area contributed by atoms with Crippen LogP contribution in [0.5, 0.6) is 17.2 Å². The Morgan fingerprint density at radius 2 is 1.92 bits per heavy atom. The lowest BCUT2D eigenvalue weighted by Crippen LogP contribution is -2.44. The highest BCUT2D eigenvalue weighted by Crippen LogP contribution is 2.51. The number of hydrogen-bond donors (Lipinski definition) is 1. The SMILES string of the molecule is c1ccc2c(c1)OC1c3ccc(OCCN4CCNCC4)cc3OCC21. The molecule has 1 saturated heterocycles. The van der Waals surface area contributed by atoms with Gasteiger partial charge in [0.1, 0.15) is 30.0 Å². The number of ether oxygens (including phenoxy) is 3. The summed E-state index contributed by atoms with van der Waals surface area (Å²) in [5, 5.41) is 3.37. The molecule has 136 valence electrons. The molecule has 1 fully saturated rings. The van der Waals surface area contributed by atoms with Gasteiger partial charge in [-0.15, -0.1) is 0 Å². The Hall–Kier alpha value is -2.24. The van der Waals surface area contributed by atoms with Crippen molar-refractivity contribution in [1.29, 1.82) is 0 Å². The van der Waals surface area contributed by atoms with Gasteiger partial charge < -0.3 is 19.5 Å². The lowest BCUT2D eigenvalue weighted by Gasteiger charge is -2.28. The number of para-hydroxylation sites is 1. The van der Waals surface area contributed by atoms with Gasteiger partial charge in [-0.05, 0) is 18.2 Å². The lowest BCUT2D eigenvalue weighted by atomic mass is 9.89. The second kappa shape index (κ2) is 6.82. The number of hydrogen-bond acceptors (Lipinski definition) is 5. The molecule has 0 saturated carbocycles. The normalized spacial score (nSPS) is 24.0. The highest BCUT2D eigenvalue weighted by Gasteiger charge is 2.40. The quantitative estimate of drug-likeness (QED) is 0.916. The smallest absolute Gasteiger partial charge is 0.138 e. The Balaban J connectivity index is 1.26. The second-order valence-corrected chi connectivity index (χ2v) is 7.13. The summed E-state index contributed by atoms with van der Waals surface area (Å²) < 4.78 is 18.2. The Kier molecular flexibility index (Phi) is 4.19. The van der Waals surface area contributed by atoms with Crippen LogP contribution in [0.25, 0.3) is 0 Å². The van der Waals surface area contributed by atoms with Crippen molar-refractivity contribution in [3.05, 3.63) is 53.6 Å². The van der Waals surface area contributed by atoms with Crippen LogP contribution in [0.15, 0.2) is 42.5 Å². The Morgan fingerprint density at radius 3 is 2.85 bits per heavy atom. The van der Waals surface area contributed by atoms with Gasteiger partial charge >= 0.3 is 0 Å². The van der Waals surface area contributed by atoms with Crippen molar-refractivity contribution in [1.82, 2.24) is 10.2 Å². The molecule has 0 bridgehead atoms. The molecule has 3 aliphatic rings. The molecule has 2 unspecified atom stereocenters. The van der Waals surface area contributed by atoms with E-state index in [4.69, 9.17) is 14.2 Å². The third-order valence-corrected chi connectivity index (χ3v) is 5.53. The van der Waals surface area contributed by atoms with Crippen LogP contribution in [-0.2, 0) is 0 Å². The summed E-state index contributed by atoms with van der Waals surface area (Å²) in [7, 11) is 0. The van der Waals surface area contributed by atoms with Crippen molar-refractivity contribution in [2.75, 3.05) is 45.9 Å². The maximum Gasteiger partial charge on any atom is 0.138 e. The van der Waals surface area contributed by atoms with Crippen LogP contribution in [0.4, 0.5) is 0 Å². The van der Waals surface area contributed by atoms with E-state index in [0.717, 1.165) is 55.5 Å². The second-order valence-electron chi connectivity index (χ2n) is 7.13. The van der Waals surface area contributed by atoms with Gasteiger partial charge in [0, 0.05) is 49.9 Å². The zero-order chi connectivity index (χ0) is 17.3. The van der Waals surface area contributed by atoms with E-state index in [-0.39, 0.29) is 12.0 Å². The van der Waals surface area contributed by atoms with Crippen molar-refractivity contribution in [3.8, 4) is 17.2 Å². The molecule has 1 N–H and O–H groups in total. The molecule has 2 aromatic rings. The van der Waals surface area contributed by atoms with Crippen LogP contribution in [0, 0.1) is 0 Å². The molecule has 5 nitrogen and oxygen atoms in total. The van der Waals surface area contributed by atoms with E-state index in [1.807, 2.05) is 24.3 Å². The van der Waals surface area contributed by atoms with Gasteiger partial charge in [-0.2, -0.15) is 0 Å². The largest absolute Gasteiger partial charge is 0.492 e. The average molecular weight is 352 g/mol. The minimum atomic E-state index is 0.0473. The van der Waals surface area contributed by atoms with Crippen LogP contribution in [0.1, 0.15) is 23.1 Å². The summed E-state index contributed by atoms with van der Waals surface area (Å²) in [5.74, 6) is 3.01. The van der Waals surface area contributed by atoms with Crippen LogP contribution < -0.4 is 19.5 Å². The first-order valence-electron chi connectivity index (χ1n) is 9.47. The van der Waals surface area contributed by atoms with Crippen molar-refractivity contribution in [3.63, 3.8) is 0 Å². The Morgan fingerprint density at radius 1 is 1.04 bits per heavy atom. The average Bonchev–Trinajstić information content (AvgIpc) is 3.08. The molecule has 3 aliphatic heterocycles. The number of benzene rings is 2. The first kappa shape index (κ1) is 16.0. The van der Waals surface area contributed by atoms with Crippen molar-refractivity contribution in [2.45, 2.75) is 12.0 Å². The zero-order valence-electron chi connectivity index (χ0n) is 14.8. The summed E-state index contributed by atoms with van der Waals surface area (Å²) in [4.78, 5) is 2.43. The maximum absolute atomic E-state index is 6.20. The Labute approximate surface area is 153 Å². The number of rotatable bonds is 4. The fraction of sp³-hybridized carbons (Fsp3) is 0.429. The minimum Gasteiger partial charge on any atom is -0.492 e. The van der Waals surface area contributed by atoms with Crippen LogP contribution in [0.3, 0.4) is 0 Å². The van der Waals surface area contributed by atoms with Crippen LogP contribution in [-0.4, -0.2) is 50.8 Å². The van der Waals surface area contributed by atoms with Crippen LogP contribution in [0.2, 0.25) is 0 Å². The summed E-state index contributed by atoms with van der Waals surface area (Å²) in [6, 6.07) is 14.4. The molecule has 0 radical (unpaired) electrons. The topological polar surface area (TPSA) is 43.0 Å². The summed E-state index contributed by atoms with van der Waals surface area (Å²) in [6.07, 6.45) is 0.0473. The predicted molar refractivity (Wildman–Crippen MR) is 99.3 cm³/mol. The summed E-state index contributed by atoms with van der Waals surface area (Å²) >= 11 is 0. The number of piperazine rings is 1. The standard InChI is InChI=1S/C21H24N2O3/c1-2-4-19-16(3-1)18-14-25-20-13-15(5-6-17(20)21(18)26-19)24-12-11-23-9-7-22-8-10-23/h1-6,13,18,21-22H,7-12,14H2. The van der Waals surface area contributed by atoms with Gasteiger partial charge in [0.2, 0.25) is 0 Å². The van der Waals surface area contributed by atoms with Gasteiger partial charge in [0.05, 0.1) is 12.5 Å². The molecule has 0 amide bonds. The van der Waals surface area contributed by atoms with E-state index in [2.05, 4.69) is 28.4 Å². The molecule has 2 atom stereocenters. The van der Waals surface area contributed by atoms with Crippen LogP contribution >= 0.6 is 0 Å². The van der Waals surface area contributed by atoms with Gasteiger partial charge in [0.25, 0.3) is 0 Å². The molecular formula is C21H24N2O3. The first-order chi connectivity index (χ1) is 12.9. The van der Waals surface area contributed by atoms with Gasteiger partial charge in [-0.1, -0.05) is 18.2 Å². The highest BCUT2D eigenvalue weighted by molar-refractivity contribution is 5.50. The molecule has 0 spiro atoms. The van der Waals surface area contributed by atoms with Crippen molar-refractivity contribution in [2.24, 2.45) is 0 Å². The first-order valence-corrected chi connectivity index (χ1v) is 9.47. The van der Waals surface area contributed by atoms with Crippen molar-refractivity contribution < 1.29 is 14.2 Å². The summed E-state index contributed by atoms with van der Waals surface area (Å²) in [6.45, 7) is 6.64. The molecule has 3 heterocycles. The molecule has 26 heavy (non-hydrogen) atoms. The number of nitrogens with zero attached hydrogens (tertiary/aromatic N) is 1. The molecule has 5 heteroatoms. The molecule has 0 aromatic heterocycles. The van der Waals surface area contributed by atoms with E-state index in [0.29, 0.717) is 13.2 Å². The number of nitrogens with one attached hydrogen (secondary N) is 1. The van der Waals surface area contributed by atoms with E-state index in [9.17, 15) is 0 Å². The fourth-order valence-corrected chi connectivity index (χ4v) is 4.11. The van der Waals surface area contributed by atoms with Gasteiger partial charge in [-0.3, -0.25) is 4.90 Å². The number of fused-ring (bicyclic) bond motifs is 5. The summed E-state index contributed by atoms with van der Waals surface area (Å²) in [5.41, 5.74) is 2.37. The molecule has 2 aromatic carbocycles. The molecule has 0 aliphatic carbocycles. The Bertz CT molecular complexity index is 789. The monoisotopic (exact) mass is 352 g/mol. The highest BCUT2D eigenvalue weighted by atomic mass is 16.5. The van der Waals surface area contributed by atoms with Gasteiger partial charge in [0.15, 0.2) is 0 Å². The van der Waals surface area contributed by atoms with E-state index in [1.165, 1.54) is 5.56 Å². The third kappa shape index (κ3) is 2.91.